The lowest BCUT2D eigenvalue weighted by Crippen LogP contribution is -2.22. The van der Waals surface area contributed by atoms with Crippen LogP contribution in [-0.4, -0.2) is 15.8 Å². The molecule has 4 heteroatoms. The number of fused-ring (bicyclic) bond motifs is 1. The number of para-hydroxylation sites is 1. The average Bonchev–Trinajstić information content (AvgIpc) is 3.05. The summed E-state index contributed by atoms with van der Waals surface area (Å²) >= 11 is 0. The minimum atomic E-state index is 0.461. The van der Waals surface area contributed by atoms with Crippen molar-refractivity contribution in [1.82, 2.24) is 15.1 Å². The molecular formula is C16H19N3O. The Hall–Kier alpha value is -2.07. The molecule has 3 rings (SSSR count). The molecule has 0 bridgehead atoms. The second-order valence-corrected chi connectivity index (χ2v) is 5.27. The van der Waals surface area contributed by atoms with Gasteiger partial charge in [0.1, 0.15) is 5.76 Å². The molecule has 3 aromatic rings. The smallest absolute Gasteiger partial charge is 0.129 e. The summed E-state index contributed by atoms with van der Waals surface area (Å²) in [5, 5.41) is 9.01. The van der Waals surface area contributed by atoms with Crippen LogP contribution in [0.4, 0.5) is 0 Å². The molecule has 2 aromatic heterocycles. The largest absolute Gasteiger partial charge is 0.467 e. The molecule has 0 radical (unpaired) electrons. The maximum Gasteiger partial charge on any atom is 0.129 e. The summed E-state index contributed by atoms with van der Waals surface area (Å²) in [6.07, 6.45) is 3.64. The van der Waals surface area contributed by atoms with Gasteiger partial charge in [-0.3, -0.25) is 4.68 Å². The molecule has 0 aliphatic rings. The summed E-state index contributed by atoms with van der Waals surface area (Å²) in [4.78, 5) is 0. The van der Waals surface area contributed by atoms with E-state index in [1.54, 1.807) is 6.26 Å². The van der Waals surface area contributed by atoms with E-state index in [1.165, 1.54) is 5.56 Å². The zero-order valence-corrected chi connectivity index (χ0v) is 11.8. The standard InChI is InChI=1S/C16H19N3O/c1-12(2)17-9-14-7-8-20-16(14)11-19-15-6-4-3-5-13(15)10-18-19/h3-8,10,12,17H,9,11H2,1-2H3. The van der Waals surface area contributed by atoms with E-state index in [9.17, 15) is 0 Å². The van der Waals surface area contributed by atoms with Gasteiger partial charge in [0.2, 0.25) is 0 Å². The summed E-state index contributed by atoms with van der Waals surface area (Å²) < 4.78 is 7.60. The molecule has 0 fully saturated rings. The highest BCUT2D eigenvalue weighted by molar-refractivity contribution is 5.78. The van der Waals surface area contributed by atoms with Crippen LogP contribution in [0.15, 0.2) is 47.2 Å². The van der Waals surface area contributed by atoms with Crippen molar-refractivity contribution in [1.29, 1.82) is 0 Å². The van der Waals surface area contributed by atoms with E-state index in [2.05, 4.69) is 36.4 Å². The third kappa shape index (κ3) is 2.60. The van der Waals surface area contributed by atoms with Crippen molar-refractivity contribution in [3.8, 4) is 0 Å². The Morgan fingerprint density at radius 3 is 2.95 bits per heavy atom. The number of hydrogen-bond donors (Lipinski definition) is 1. The molecule has 2 heterocycles. The molecular weight excluding hydrogens is 250 g/mol. The van der Waals surface area contributed by atoms with Crippen LogP contribution in [-0.2, 0) is 13.1 Å². The lowest BCUT2D eigenvalue weighted by atomic mass is 10.2. The van der Waals surface area contributed by atoms with Gasteiger partial charge in [-0.1, -0.05) is 32.0 Å². The van der Waals surface area contributed by atoms with E-state index < -0.39 is 0 Å². The molecule has 1 aromatic carbocycles. The second kappa shape index (κ2) is 5.51. The Balaban J connectivity index is 1.83. The fourth-order valence-electron chi connectivity index (χ4n) is 2.27. The number of benzene rings is 1. The van der Waals surface area contributed by atoms with Crippen LogP contribution >= 0.6 is 0 Å². The zero-order chi connectivity index (χ0) is 13.9. The number of hydrogen-bond acceptors (Lipinski definition) is 3. The first-order valence-corrected chi connectivity index (χ1v) is 6.93. The normalized spacial score (nSPS) is 11.6. The molecule has 0 amide bonds. The van der Waals surface area contributed by atoms with Crippen molar-refractivity contribution in [3.05, 3.63) is 54.1 Å². The number of nitrogens with one attached hydrogen (secondary N) is 1. The minimum absolute atomic E-state index is 0.461. The molecule has 0 saturated heterocycles. The summed E-state index contributed by atoms with van der Waals surface area (Å²) in [6.45, 7) is 5.76. The number of furan rings is 1. The van der Waals surface area contributed by atoms with Crippen molar-refractivity contribution >= 4 is 10.9 Å². The molecule has 104 valence electrons. The summed E-state index contributed by atoms with van der Waals surface area (Å²) in [5.41, 5.74) is 2.32. The summed E-state index contributed by atoms with van der Waals surface area (Å²) in [7, 11) is 0. The van der Waals surface area contributed by atoms with Crippen LogP contribution in [0.1, 0.15) is 25.2 Å². The van der Waals surface area contributed by atoms with Crippen molar-refractivity contribution in [2.75, 3.05) is 0 Å². The van der Waals surface area contributed by atoms with E-state index in [1.807, 2.05) is 29.1 Å². The van der Waals surface area contributed by atoms with Crippen molar-refractivity contribution in [2.24, 2.45) is 0 Å². The Bertz CT molecular complexity index is 696. The molecule has 0 aliphatic carbocycles. The number of aromatic nitrogens is 2. The van der Waals surface area contributed by atoms with Crippen LogP contribution in [0.2, 0.25) is 0 Å². The SMILES string of the molecule is CC(C)NCc1ccoc1Cn1ncc2ccccc21. The van der Waals surface area contributed by atoms with Gasteiger partial charge in [0, 0.05) is 23.5 Å². The topological polar surface area (TPSA) is 43.0 Å². The molecule has 4 nitrogen and oxygen atoms in total. The predicted octanol–water partition coefficient (Wildman–Crippen LogP) is 3.18. The van der Waals surface area contributed by atoms with Gasteiger partial charge in [0.05, 0.1) is 24.5 Å². The van der Waals surface area contributed by atoms with E-state index >= 15 is 0 Å². The number of rotatable bonds is 5. The minimum Gasteiger partial charge on any atom is -0.467 e. The Kier molecular flexibility index (Phi) is 3.56. The highest BCUT2D eigenvalue weighted by atomic mass is 16.3. The lowest BCUT2D eigenvalue weighted by Gasteiger charge is -2.08. The Labute approximate surface area is 118 Å². The van der Waals surface area contributed by atoms with Gasteiger partial charge >= 0.3 is 0 Å². The highest BCUT2D eigenvalue weighted by Crippen LogP contribution is 2.17. The van der Waals surface area contributed by atoms with E-state index in [0.717, 1.165) is 23.2 Å². The predicted molar refractivity (Wildman–Crippen MR) is 79.5 cm³/mol. The Morgan fingerprint density at radius 1 is 1.25 bits per heavy atom. The molecule has 0 unspecified atom stereocenters. The third-order valence-corrected chi connectivity index (χ3v) is 3.38. The van der Waals surface area contributed by atoms with Gasteiger partial charge in [0.25, 0.3) is 0 Å². The van der Waals surface area contributed by atoms with Crippen LogP contribution in [0, 0.1) is 0 Å². The highest BCUT2D eigenvalue weighted by Gasteiger charge is 2.10. The van der Waals surface area contributed by atoms with Gasteiger partial charge in [0.15, 0.2) is 0 Å². The summed E-state index contributed by atoms with van der Waals surface area (Å²) in [6, 6.07) is 10.7. The van der Waals surface area contributed by atoms with Crippen molar-refractivity contribution in [3.63, 3.8) is 0 Å². The van der Waals surface area contributed by atoms with Gasteiger partial charge < -0.3 is 9.73 Å². The zero-order valence-electron chi connectivity index (χ0n) is 11.8. The van der Waals surface area contributed by atoms with E-state index in [4.69, 9.17) is 4.42 Å². The van der Waals surface area contributed by atoms with Gasteiger partial charge in [-0.25, -0.2) is 0 Å². The molecule has 0 atom stereocenters. The molecule has 1 N–H and O–H groups in total. The third-order valence-electron chi connectivity index (χ3n) is 3.38. The van der Waals surface area contributed by atoms with E-state index in [0.29, 0.717) is 12.6 Å². The first-order valence-electron chi connectivity index (χ1n) is 6.93. The maximum absolute atomic E-state index is 5.62. The second-order valence-electron chi connectivity index (χ2n) is 5.27. The van der Waals surface area contributed by atoms with E-state index in [-0.39, 0.29) is 0 Å². The number of nitrogens with zero attached hydrogens (tertiary/aromatic N) is 2. The molecule has 0 spiro atoms. The van der Waals surface area contributed by atoms with Crippen LogP contribution in [0.3, 0.4) is 0 Å². The van der Waals surface area contributed by atoms with Crippen LogP contribution in [0.5, 0.6) is 0 Å². The fraction of sp³-hybridized carbons (Fsp3) is 0.312. The fourth-order valence-corrected chi connectivity index (χ4v) is 2.27. The Morgan fingerprint density at radius 2 is 2.10 bits per heavy atom. The van der Waals surface area contributed by atoms with Crippen LogP contribution < -0.4 is 5.32 Å². The van der Waals surface area contributed by atoms with Crippen molar-refractivity contribution < 1.29 is 4.42 Å². The molecule has 0 aliphatic heterocycles. The quantitative estimate of drug-likeness (QED) is 0.773. The maximum atomic E-state index is 5.62. The molecule has 20 heavy (non-hydrogen) atoms. The monoisotopic (exact) mass is 269 g/mol. The van der Waals surface area contributed by atoms with Crippen molar-refractivity contribution in [2.45, 2.75) is 33.0 Å². The molecule has 0 saturated carbocycles. The summed E-state index contributed by atoms with van der Waals surface area (Å²) in [5.74, 6) is 0.965. The lowest BCUT2D eigenvalue weighted by molar-refractivity contribution is 0.474. The van der Waals surface area contributed by atoms with Gasteiger partial charge in [-0.15, -0.1) is 0 Å². The van der Waals surface area contributed by atoms with Gasteiger partial charge in [-0.05, 0) is 12.1 Å². The first kappa shape index (κ1) is 12.9. The average molecular weight is 269 g/mol. The van der Waals surface area contributed by atoms with Crippen LogP contribution in [0.25, 0.3) is 10.9 Å². The van der Waals surface area contributed by atoms with Gasteiger partial charge in [-0.2, -0.15) is 5.10 Å². The first-order chi connectivity index (χ1) is 9.74.